The number of carbonyl (C=O) groups is 9. The smallest absolute Gasteiger partial charge is 0.330 e. The predicted molar refractivity (Wildman–Crippen MR) is 453 cm³/mol. The highest BCUT2D eigenvalue weighted by molar-refractivity contribution is 6.32. The molecule has 7 aromatic rings. The number of phenols is 4. The fourth-order valence-corrected chi connectivity index (χ4v) is 16.9. The number of halogens is 2. The topological polar surface area (TPSA) is 662 Å². The van der Waals surface area contributed by atoms with Gasteiger partial charge in [0.1, 0.15) is 156 Å². The van der Waals surface area contributed by atoms with E-state index in [2.05, 4.69) is 56.4 Å². The number of nitrogens with two attached hydrogens (primary N) is 1. The van der Waals surface area contributed by atoms with Crippen LogP contribution in [-0.4, -0.2) is 254 Å². The maximum atomic E-state index is 17.0. The molecule has 42 nitrogen and oxygen atoms in total. The summed E-state index contributed by atoms with van der Waals surface area (Å²) < 4.78 is 57.5. The molecule has 23 atom stereocenters. The minimum atomic E-state index is -2.59. The molecule has 0 spiro atoms. The number of carbonyl (C=O) groups excluding carboxylic acids is 8. The molecule has 9 aliphatic rings. The third kappa shape index (κ3) is 20.7. The molecular weight excluding hydrogens is 1780 g/mol. The molecule has 16 rings (SSSR count). The fourth-order valence-electron chi connectivity index (χ4n) is 16.5. The second kappa shape index (κ2) is 40.6. The van der Waals surface area contributed by atoms with Gasteiger partial charge in [-0.3, -0.25) is 38.4 Å². The first-order chi connectivity index (χ1) is 62.9. The van der Waals surface area contributed by atoms with Crippen molar-refractivity contribution in [1.82, 2.24) is 42.5 Å². The number of aliphatic hydroxyl groups excluding tert-OH is 10. The zero-order valence-corrected chi connectivity index (χ0v) is 71.8. The van der Waals surface area contributed by atoms with E-state index in [-0.39, 0.29) is 39.8 Å². The van der Waals surface area contributed by atoms with Gasteiger partial charge in [-0.1, -0.05) is 87.0 Å². The van der Waals surface area contributed by atoms with Crippen LogP contribution in [-0.2, 0) is 68.5 Å². The van der Waals surface area contributed by atoms with Gasteiger partial charge in [-0.05, 0) is 125 Å². The monoisotopic (exact) mass is 1880 g/mol. The number of hydrogen-bond donors (Lipinski definition) is 24. The maximum Gasteiger partial charge on any atom is 0.330 e. The summed E-state index contributed by atoms with van der Waals surface area (Å²) in [6.45, 7) is 1.97. The first-order valence-corrected chi connectivity index (χ1v) is 42.7. The van der Waals surface area contributed by atoms with Gasteiger partial charge in [0.15, 0.2) is 35.3 Å². The van der Waals surface area contributed by atoms with Gasteiger partial charge >= 0.3 is 5.97 Å². The Morgan fingerprint density at radius 3 is 1.68 bits per heavy atom. The van der Waals surface area contributed by atoms with Crippen LogP contribution in [0.3, 0.4) is 0 Å². The van der Waals surface area contributed by atoms with Gasteiger partial charge in [-0.25, -0.2) is 4.79 Å². The number of ether oxygens (including phenoxy) is 9. The quantitative estimate of drug-likeness (QED) is 0.0503. The summed E-state index contributed by atoms with van der Waals surface area (Å²) >= 11 is 14.7. The lowest BCUT2D eigenvalue weighted by atomic mass is 9.89. The standard InChI is InChI=1S/C88H97Cl2N9O33/c1-33(2)8-6-4-5-7-9-60(108)94-68-74(113)71(110)58(31-101)129-87(68)132-78-55-25-40-26-56(78)126-52-17-13-38(23-47(52)90)77(131-86-67(92-34(3)103)73(112)70(109)57(30-100)128-86)69-84(121)98-66(85(122)123)45-28-42(105)29-54(127-88-76(115)75(114)72(111)59(32-102)130-88)61(45)44-22-37(12-14-49(44)106)63(81(118)99-69)96-83(120)65(40)97-82(119)64-39-20-41(104)27-43(21-39)124-53-24-36(11-15-50(53)107)62(91)80(117)93-48(79(116)95-64)19-35-10-16-51(125-55)46(89)18-35/h10-18,20-29,33,48,57-59,62-77,86-88,100-102,104-107,109-115H,4-9,19,30-32,91H2,1-3H3,(H,92,103)(H,93,117)(H,94,108)(H,95,116)(H,96,120)(H,97,119)(H,98,121)(H,99,118)(H,122,123)/t48?,57-,58-,59-,62-,63-,64+,65-,66-,67+,68-,69+,70-,71-,72-,73-,74-,75+,76+,77?,86+,87?,88?/m1/s1. The van der Waals surface area contributed by atoms with E-state index >= 15 is 24.0 Å². The summed E-state index contributed by atoms with van der Waals surface area (Å²) in [6, 6.07) is 0.658. The number of aliphatic hydroxyl groups is 10. The molecule has 0 saturated carbocycles. The largest absolute Gasteiger partial charge is 0.508 e. The van der Waals surface area contributed by atoms with Crippen molar-refractivity contribution in [2.24, 2.45) is 11.7 Å². The minimum Gasteiger partial charge on any atom is -0.508 e. The SMILES string of the molecule is CC(=O)N[C@@H]1[C@H](OC2c3ccc(c(Cl)c3)Oc3cc4cc(c3OC3O[C@H](CO)[C@@H](O)[C@H](O)[C@H]3NC(=O)CCCCCCC(C)C)Oc3ccc(cc3Cl)CC3NC(=O)[C@H](N)c5ccc(O)c(c5)Oc5cc(O)cc(c5)[C@H](NC3=O)C(=O)N[C@H]4C(=O)N[C@H]3C(=O)N[C@@H]2C(=O)N[C@@H](C(=O)O)c2cc(O)cc(OC4O[C@H](CO)[C@@H](O)[C@H](O)[C@@H]4O)c2-c2cc3ccc2O)O[C@H](CO)[C@@H](O)[C@@H]1O. The Balaban J connectivity index is 1.04. The van der Waals surface area contributed by atoms with E-state index in [9.17, 15) is 95.8 Å². The summed E-state index contributed by atoms with van der Waals surface area (Å²) in [5, 5.41) is 190. The number of carboxylic acids is 1. The van der Waals surface area contributed by atoms with Crippen molar-refractivity contribution in [3.05, 3.63) is 164 Å². The zero-order chi connectivity index (χ0) is 94.9. The Labute approximate surface area is 759 Å². The normalized spacial score (nSPS) is 28.9. The lowest BCUT2D eigenvalue weighted by Crippen LogP contribution is -2.65. The van der Waals surface area contributed by atoms with Crippen LogP contribution < -0.4 is 72.0 Å². The number of nitrogens with one attached hydrogen (secondary N) is 8. The van der Waals surface area contributed by atoms with Crippen LogP contribution in [0, 0.1) is 5.92 Å². The summed E-state index contributed by atoms with van der Waals surface area (Å²) in [5.74, 6) is -19.2. The molecule has 706 valence electrons. The first-order valence-electron chi connectivity index (χ1n) is 42.0. The molecule has 3 saturated heterocycles. The second-order valence-electron chi connectivity index (χ2n) is 33.2. The van der Waals surface area contributed by atoms with Gasteiger partial charge in [-0.15, -0.1) is 0 Å². The van der Waals surface area contributed by atoms with Crippen molar-refractivity contribution in [3.8, 4) is 80.1 Å². The molecule has 0 radical (unpaired) electrons. The number of aromatic hydroxyl groups is 4. The van der Waals surface area contributed by atoms with Gasteiger partial charge in [0, 0.05) is 48.6 Å². The molecule has 44 heteroatoms. The lowest BCUT2D eigenvalue weighted by molar-refractivity contribution is -0.284. The van der Waals surface area contributed by atoms with Gasteiger partial charge in [0.05, 0.1) is 29.9 Å². The maximum absolute atomic E-state index is 17.0. The minimum absolute atomic E-state index is 0.0267. The molecule has 0 aliphatic carbocycles. The van der Waals surface area contributed by atoms with Crippen LogP contribution in [0.1, 0.15) is 135 Å². The van der Waals surface area contributed by atoms with E-state index in [4.69, 9.17) is 71.6 Å². The predicted octanol–water partition coefficient (Wildman–Crippen LogP) is 1.02. The number of hydrogen-bond acceptors (Lipinski definition) is 33. The highest BCUT2D eigenvalue weighted by Crippen LogP contribution is 2.51. The third-order valence-electron chi connectivity index (χ3n) is 23.4. The summed E-state index contributed by atoms with van der Waals surface area (Å²) in [6.07, 6.45) is -25.9. The average Bonchev–Trinajstić information content (AvgIpc) is 0.748. The zero-order valence-electron chi connectivity index (χ0n) is 70.3. The van der Waals surface area contributed by atoms with Crippen LogP contribution >= 0.6 is 23.2 Å². The van der Waals surface area contributed by atoms with E-state index < -0.39 is 316 Å². The highest BCUT2D eigenvalue weighted by atomic mass is 35.5. The number of benzene rings is 7. The number of aliphatic carboxylic acids is 1. The molecule has 17 bridgehead atoms. The summed E-state index contributed by atoms with van der Waals surface area (Å²) in [4.78, 5) is 138. The molecule has 9 heterocycles. The molecule has 4 unspecified atom stereocenters. The van der Waals surface area contributed by atoms with E-state index in [1.165, 1.54) is 30.3 Å². The van der Waals surface area contributed by atoms with E-state index in [0.717, 1.165) is 111 Å². The fraction of sp³-hybridized carbons (Fsp3) is 0.420. The van der Waals surface area contributed by atoms with Crippen molar-refractivity contribution in [2.75, 3.05) is 19.8 Å². The number of phenolic OH excluding ortho intramolecular Hbond substituents is 4. The molecule has 0 aromatic heterocycles. The van der Waals surface area contributed by atoms with Crippen LogP contribution in [0.2, 0.25) is 10.0 Å². The van der Waals surface area contributed by atoms with Gasteiger partial charge in [0.25, 0.3) is 0 Å². The number of fused-ring (bicyclic) bond motifs is 14. The second-order valence-corrected chi connectivity index (χ2v) is 34.0. The highest BCUT2D eigenvalue weighted by Gasteiger charge is 2.52. The molecule has 7 aromatic carbocycles. The Bertz CT molecular complexity index is 5560. The number of carboxylic acid groups (broad SMARTS) is 1. The van der Waals surface area contributed by atoms with E-state index in [1.54, 1.807) is 0 Å². The molecule has 3 fully saturated rings. The van der Waals surface area contributed by atoms with Crippen molar-refractivity contribution >= 4 is 76.4 Å². The van der Waals surface area contributed by atoms with Gasteiger partial charge in [0.2, 0.25) is 65.6 Å². The Hall–Kier alpha value is -12.0. The molecule has 8 amide bonds. The van der Waals surface area contributed by atoms with Crippen LogP contribution in [0.4, 0.5) is 0 Å². The molecule has 9 aliphatic heterocycles. The molecule has 25 N–H and O–H groups in total. The summed E-state index contributed by atoms with van der Waals surface area (Å²) in [7, 11) is 0. The van der Waals surface area contributed by atoms with E-state index in [1.807, 2.05) is 0 Å². The van der Waals surface area contributed by atoms with Crippen molar-refractivity contribution < 1.29 is 162 Å². The van der Waals surface area contributed by atoms with E-state index in [0.29, 0.717) is 18.8 Å². The van der Waals surface area contributed by atoms with Crippen LogP contribution in [0.15, 0.2) is 115 Å². The van der Waals surface area contributed by atoms with Crippen molar-refractivity contribution in [3.63, 3.8) is 0 Å². The number of amides is 8. The number of unbranched alkanes of at least 4 members (excludes halogenated alkanes) is 3. The van der Waals surface area contributed by atoms with Crippen molar-refractivity contribution in [2.45, 2.75) is 206 Å². The Morgan fingerprint density at radius 2 is 1.05 bits per heavy atom. The van der Waals surface area contributed by atoms with Crippen LogP contribution in [0.25, 0.3) is 11.1 Å². The molecular formula is C88H97Cl2N9O33. The lowest BCUT2D eigenvalue weighted by Gasteiger charge is -2.44. The number of rotatable bonds is 19. The Morgan fingerprint density at radius 1 is 0.500 bits per heavy atom. The third-order valence-corrected chi connectivity index (χ3v) is 24.0. The van der Waals surface area contributed by atoms with Gasteiger partial charge < -0.3 is 167 Å². The molecule has 132 heavy (non-hydrogen) atoms. The van der Waals surface area contributed by atoms with Gasteiger partial charge in [-0.2, -0.15) is 0 Å². The first kappa shape index (κ1) is 96.0. The average molecular weight is 1880 g/mol. The van der Waals surface area contributed by atoms with Crippen LogP contribution in [0.5, 0.6) is 69.0 Å². The Kier molecular flexibility index (Phi) is 29.5. The summed E-state index contributed by atoms with van der Waals surface area (Å²) in [5.41, 5.74) is 2.79. The van der Waals surface area contributed by atoms with Crippen molar-refractivity contribution in [1.29, 1.82) is 0 Å².